The molecule has 2 N–H and O–H groups in total. The molecule has 178 valence electrons. The van der Waals surface area contributed by atoms with Gasteiger partial charge >= 0.3 is 0 Å². The number of hydrogen-bond acceptors (Lipinski definition) is 7. The summed E-state index contributed by atoms with van der Waals surface area (Å²) in [6.45, 7) is 2.92. The van der Waals surface area contributed by atoms with Crippen molar-refractivity contribution in [2.24, 2.45) is 5.92 Å². The van der Waals surface area contributed by atoms with E-state index < -0.39 is 5.41 Å². The summed E-state index contributed by atoms with van der Waals surface area (Å²) in [5.41, 5.74) is 2.45. The van der Waals surface area contributed by atoms with Crippen molar-refractivity contribution in [1.29, 1.82) is 0 Å². The van der Waals surface area contributed by atoms with Crippen LogP contribution < -0.4 is 19.5 Å². The lowest BCUT2D eigenvalue weighted by Gasteiger charge is -2.39. The Bertz CT molecular complexity index is 956. The molecule has 6 nitrogen and oxygen atoms in total. The van der Waals surface area contributed by atoms with Crippen LogP contribution in [-0.4, -0.2) is 52.1 Å². The first-order chi connectivity index (χ1) is 16.1. The number of rotatable bonds is 10. The standard InChI is InChI=1S/C26H35N3O3S/c1-27-25-21(26(18-30)11-6-12-26)15-20(28-33-24-8-5-4-7-22(24)31-3)16-23(25)32-17-19-9-13-29(2)14-10-19/h4-5,7-8,15-16,18-19,27-28H,6,9-14,17H2,1-3H3. The van der Waals surface area contributed by atoms with Gasteiger partial charge in [-0.3, -0.25) is 0 Å². The maximum Gasteiger partial charge on any atom is 0.144 e. The monoisotopic (exact) mass is 469 g/mol. The summed E-state index contributed by atoms with van der Waals surface area (Å²) in [4.78, 5) is 15.6. The molecule has 2 aromatic carbocycles. The third-order valence-corrected chi connectivity index (χ3v) is 7.92. The molecule has 4 rings (SSSR count). The highest BCUT2D eigenvalue weighted by Gasteiger charge is 2.41. The summed E-state index contributed by atoms with van der Waals surface area (Å²) < 4.78 is 15.4. The zero-order valence-corrected chi connectivity index (χ0v) is 20.7. The molecular weight excluding hydrogens is 434 g/mol. The number of carbonyl (C=O) groups is 1. The summed E-state index contributed by atoms with van der Waals surface area (Å²) in [7, 11) is 5.77. The van der Waals surface area contributed by atoms with Gasteiger partial charge in [0.25, 0.3) is 0 Å². The highest BCUT2D eigenvalue weighted by Crippen LogP contribution is 2.49. The third-order valence-electron chi connectivity index (χ3n) is 7.02. The number of methoxy groups -OCH3 is 1. The molecule has 1 saturated heterocycles. The highest BCUT2D eigenvalue weighted by atomic mass is 32.2. The molecule has 7 heteroatoms. The van der Waals surface area contributed by atoms with Crippen molar-refractivity contribution in [3.8, 4) is 11.5 Å². The van der Waals surface area contributed by atoms with Gasteiger partial charge in [0.05, 0.1) is 29.7 Å². The van der Waals surface area contributed by atoms with Gasteiger partial charge in [-0.15, -0.1) is 0 Å². The van der Waals surface area contributed by atoms with Crippen LogP contribution in [0.3, 0.4) is 0 Å². The van der Waals surface area contributed by atoms with E-state index in [0.29, 0.717) is 12.5 Å². The number of para-hydroxylation sites is 1. The quantitative estimate of drug-likeness (QED) is 0.366. The minimum Gasteiger partial charge on any atom is -0.496 e. The molecular formula is C26H35N3O3S. The Morgan fingerprint density at radius 3 is 2.58 bits per heavy atom. The zero-order valence-electron chi connectivity index (χ0n) is 19.9. The smallest absolute Gasteiger partial charge is 0.144 e. The molecule has 2 aliphatic rings. The number of ether oxygens (including phenoxy) is 2. The zero-order chi connectivity index (χ0) is 23.3. The van der Waals surface area contributed by atoms with E-state index in [2.05, 4.69) is 28.1 Å². The Labute approximate surface area is 201 Å². The van der Waals surface area contributed by atoms with E-state index >= 15 is 0 Å². The SMILES string of the molecule is CNc1c(OCC2CCN(C)CC2)cc(NSc2ccccc2OC)cc1C1(C=O)CCC1. The first kappa shape index (κ1) is 23.8. The molecule has 0 amide bonds. The van der Waals surface area contributed by atoms with Crippen molar-refractivity contribution in [2.75, 3.05) is 50.9 Å². The Balaban J connectivity index is 1.60. The number of likely N-dealkylation sites (tertiary alicyclic amines) is 1. The van der Waals surface area contributed by atoms with Gasteiger partial charge in [-0.25, -0.2) is 0 Å². The molecule has 1 saturated carbocycles. The second-order valence-corrected chi connectivity index (χ2v) is 10.0. The lowest BCUT2D eigenvalue weighted by molar-refractivity contribution is -0.115. The molecule has 0 bridgehead atoms. The van der Waals surface area contributed by atoms with Crippen LogP contribution in [-0.2, 0) is 10.2 Å². The lowest BCUT2D eigenvalue weighted by Crippen LogP contribution is -2.36. The van der Waals surface area contributed by atoms with Crippen molar-refractivity contribution in [2.45, 2.75) is 42.4 Å². The van der Waals surface area contributed by atoms with E-state index in [0.717, 1.165) is 84.8 Å². The maximum atomic E-state index is 12.2. The van der Waals surface area contributed by atoms with Gasteiger partial charge in [0.1, 0.15) is 17.8 Å². The Kier molecular flexibility index (Phi) is 7.71. The minimum absolute atomic E-state index is 0.434. The molecule has 1 aliphatic heterocycles. The summed E-state index contributed by atoms with van der Waals surface area (Å²) in [5, 5.41) is 3.34. The molecule has 0 aromatic heterocycles. The van der Waals surface area contributed by atoms with Crippen LogP contribution in [0.4, 0.5) is 11.4 Å². The van der Waals surface area contributed by atoms with Crippen LogP contribution in [0.5, 0.6) is 11.5 Å². The summed E-state index contributed by atoms with van der Waals surface area (Å²) in [5.74, 6) is 2.19. The number of carbonyl (C=O) groups excluding carboxylic acids is 1. The van der Waals surface area contributed by atoms with Crippen molar-refractivity contribution in [1.82, 2.24) is 4.90 Å². The molecule has 2 aromatic rings. The van der Waals surface area contributed by atoms with Crippen LogP contribution in [0.25, 0.3) is 0 Å². The van der Waals surface area contributed by atoms with E-state index in [1.165, 1.54) is 11.9 Å². The molecule has 0 spiro atoms. The van der Waals surface area contributed by atoms with Gasteiger partial charge in [0.15, 0.2) is 0 Å². The minimum atomic E-state index is -0.434. The number of aldehydes is 1. The second kappa shape index (κ2) is 10.7. The number of piperidine rings is 1. The van der Waals surface area contributed by atoms with E-state index in [-0.39, 0.29) is 0 Å². The molecule has 1 aliphatic carbocycles. The number of benzene rings is 2. The van der Waals surface area contributed by atoms with Gasteiger partial charge in [0.2, 0.25) is 0 Å². The average Bonchev–Trinajstić information content (AvgIpc) is 2.82. The fourth-order valence-corrected chi connectivity index (χ4v) is 5.44. The van der Waals surface area contributed by atoms with Crippen molar-refractivity contribution >= 4 is 29.6 Å². The first-order valence-electron chi connectivity index (χ1n) is 11.8. The van der Waals surface area contributed by atoms with E-state index in [4.69, 9.17) is 9.47 Å². The van der Waals surface area contributed by atoms with Crippen LogP contribution >= 0.6 is 11.9 Å². The van der Waals surface area contributed by atoms with E-state index in [1.807, 2.05) is 37.4 Å². The van der Waals surface area contributed by atoms with E-state index in [9.17, 15) is 4.79 Å². The van der Waals surface area contributed by atoms with Crippen LogP contribution in [0, 0.1) is 5.92 Å². The lowest BCUT2D eigenvalue weighted by atomic mass is 9.65. The molecule has 0 unspecified atom stereocenters. The van der Waals surface area contributed by atoms with Crippen molar-refractivity contribution in [3.63, 3.8) is 0 Å². The average molecular weight is 470 g/mol. The number of nitrogens with one attached hydrogen (secondary N) is 2. The van der Waals surface area contributed by atoms with Crippen molar-refractivity contribution < 1.29 is 14.3 Å². The fourth-order valence-electron chi connectivity index (χ4n) is 4.70. The predicted molar refractivity (Wildman–Crippen MR) is 136 cm³/mol. The Morgan fingerprint density at radius 1 is 1.18 bits per heavy atom. The summed E-state index contributed by atoms with van der Waals surface area (Å²) in [6, 6.07) is 12.1. The molecule has 0 atom stereocenters. The highest BCUT2D eigenvalue weighted by molar-refractivity contribution is 8.00. The van der Waals surface area contributed by atoms with Crippen LogP contribution in [0.1, 0.15) is 37.7 Å². The molecule has 1 heterocycles. The summed E-state index contributed by atoms with van der Waals surface area (Å²) in [6.07, 6.45) is 6.26. The normalized spacial score (nSPS) is 18.3. The van der Waals surface area contributed by atoms with Crippen molar-refractivity contribution in [3.05, 3.63) is 42.0 Å². The molecule has 33 heavy (non-hydrogen) atoms. The van der Waals surface area contributed by atoms with E-state index in [1.54, 1.807) is 7.11 Å². The largest absolute Gasteiger partial charge is 0.496 e. The number of nitrogens with zero attached hydrogens (tertiary/aromatic N) is 1. The predicted octanol–water partition coefficient (Wildman–Crippen LogP) is 5.20. The number of hydrogen-bond donors (Lipinski definition) is 2. The summed E-state index contributed by atoms with van der Waals surface area (Å²) >= 11 is 1.50. The van der Waals surface area contributed by atoms with Crippen LogP contribution in [0.15, 0.2) is 41.3 Å². The topological polar surface area (TPSA) is 62.8 Å². The van der Waals surface area contributed by atoms with Crippen LogP contribution in [0.2, 0.25) is 0 Å². The van der Waals surface area contributed by atoms with Gasteiger partial charge in [-0.1, -0.05) is 18.6 Å². The van der Waals surface area contributed by atoms with Gasteiger partial charge < -0.3 is 29.2 Å². The maximum absolute atomic E-state index is 12.2. The van der Waals surface area contributed by atoms with Gasteiger partial charge in [0, 0.05) is 18.8 Å². The Morgan fingerprint density at radius 2 is 1.94 bits per heavy atom. The molecule has 0 radical (unpaired) electrons. The number of anilines is 2. The third kappa shape index (κ3) is 5.25. The first-order valence-corrected chi connectivity index (χ1v) is 12.6. The second-order valence-electron chi connectivity index (χ2n) is 9.19. The van der Waals surface area contributed by atoms with Gasteiger partial charge in [-0.2, -0.15) is 0 Å². The molecule has 2 fully saturated rings. The fraction of sp³-hybridized carbons (Fsp3) is 0.500. The van der Waals surface area contributed by atoms with Gasteiger partial charge in [-0.05, 0) is 87.4 Å². The Hall–Kier alpha value is -2.38.